The Bertz CT molecular complexity index is 588. The summed E-state index contributed by atoms with van der Waals surface area (Å²) >= 11 is 0. The summed E-state index contributed by atoms with van der Waals surface area (Å²) in [6.07, 6.45) is 2.33. The molecule has 4 N–H and O–H groups in total. The van der Waals surface area contributed by atoms with Crippen molar-refractivity contribution in [1.82, 2.24) is 9.66 Å². The van der Waals surface area contributed by atoms with Crippen molar-refractivity contribution >= 4 is 5.82 Å². The van der Waals surface area contributed by atoms with E-state index in [1.807, 2.05) is 0 Å². The summed E-state index contributed by atoms with van der Waals surface area (Å²) in [7, 11) is 0. The number of aromatic nitrogens is 2. The summed E-state index contributed by atoms with van der Waals surface area (Å²) in [5, 5.41) is 0. The molecule has 3 rings (SSSR count). The van der Waals surface area contributed by atoms with E-state index in [2.05, 4.69) is 37.0 Å². The van der Waals surface area contributed by atoms with Crippen LogP contribution in [-0.4, -0.2) is 9.66 Å². The number of anilines is 1. The van der Waals surface area contributed by atoms with E-state index in [1.54, 1.807) is 4.68 Å². The molecule has 0 unspecified atom stereocenters. The average molecular weight is 242 g/mol. The van der Waals surface area contributed by atoms with Crippen molar-refractivity contribution in [3.63, 3.8) is 0 Å². The number of nitrogen functional groups attached to an aromatic ring is 2. The van der Waals surface area contributed by atoms with Crippen molar-refractivity contribution in [2.75, 3.05) is 11.6 Å². The van der Waals surface area contributed by atoms with E-state index < -0.39 is 0 Å². The fourth-order valence-corrected chi connectivity index (χ4v) is 2.42. The number of nitrogens with zero attached hydrogens (tertiary/aromatic N) is 2. The molecule has 4 heteroatoms. The number of imidazole rings is 1. The van der Waals surface area contributed by atoms with Gasteiger partial charge >= 0.3 is 0 Å². The lowest BCUT2D eigenvalue weighted by Crippen LogP contribution is -2.14. The molecular weight excluding hydrogens is 224 g/mol. The van der Waals surface area contributed by atoms with Crippen LogP contribution in [0.2, 0.25) is 0 Å². The fraction of sp³-hybridized carbons (Fsp3) is 0.357. The fourth-order valence-electron chi connectivity index (χ4n) is 2.42. The molecule has 0 bridgehead atoms. The monoisotopic (exact) mass is 242 g/mol. The van der Waals surface area contributed by atoms with Crippen LogP contribution in [0.15, 0.2) is 18.2 Å². The lowest BCUT2D eigenvalue weighted by molar-refractivity contribution is 0.855. The smallest absolute Gasteiger partial charge is 0.150 e. The van der Waals surface area contributed by atoms with Gasteiger partial charge in [-0.15, -0.1) is 0 Å². The van der Waals surface area contributed by atoms with E-state index in [-0.39, 0.29) is 0 Å². The minimum Gasteiger partial charge on any atom is -0.382 e. The second kappa shape index (κ2) is 3.77. The average Bonchev–Trinajstić information content (AvgIpc) is 3.07. The van der Waals surface area contributed by atoms with Crippen LogP contribution in [0.4, 0.5) is 5.82 Å². The molecule has 4 nitrogen and oxygen atoms in total. The van der Waals surface area contributed by atoms with Crippen molar-refractivity contribution in [2.45, 2.75) is 32.6 Å². The zero-order valence-corrected chi connectivity index (χ0v) is 10.8. The topological polar surface area (TPSA) is 69.9 Å². The highest BCUT2D eigenvalue weighted by Gasteiger charge is 2.30. The van der Waals surface area contributed by atoms with E-state index >= 15 is 0 Å². The number of nitrogens with two attached hydrogens (primary N) is 2. The molecule has 1 aliphatic rings. The standard InChI is InChI=1S/C14H18N4/c1-8-5-9(2)7-11(6-8)12-13(15)18(16)14(17-12)10-3-4-10/h5-7,10H,3-4,15-16H2,1-2H3. The van der Waals surface area contributed by atoms with Gasteiger partial charge in [0.2, 0.25) is 0 Å². The van der Waals surface area contributed by atoms with Crippen LogP contribution in [-0.2, 0) is 0 Å². The number of benzene rings is 1. The summed E-state index contributed by atoms with van der Waals surface area (Å²) in [6, 6.07) is 6.34. The molecule has 0 aliphatic heterocycles. The van der Waals surface area contributed by atoms with Crippen LogP contribution in [0.25, 0.3) is 11.3 Å². The van der Waals surface area contributed by atoms with Crippen molar-refractivity contribution in [2.24, 2.45) is 0 Å². The maximum atomic E-state index is 6.08. The summed E-state index contributed by atoms with van der Waals surface area (Å²) in [6.45, 7) is 4.15. The van der Waals surface area contributed by atoms with Crippen molar-refractivity contribution in [3.05, 3.63) is 35.2 Å². The molecule has 1 aliphatic carbocycles. The van der Waals surface area contributed by atoms with E-state index in [0.717, 1.165) is 17.1 Å². The van der Waals surface area contributed by atoms with Gasteiger partial charge in [-0.25, -0.2) is 9.66 Å². The molecule has 1 fully saturated rings. The third kappa shape index (κ3) is 1.74. The lowest BCUT2D eigenvalue weighted by Gasteiger charge is -2.03. The van der Waals surface area contributed by atoms with Crippen LogP contribution < -0.4 is 11.6 Å². The minimum atomic E-state index is 0.497. The largest absolute Gasteiger partial charge is 0.382 e. The van der Waals surface area contributed by atoms with Crippen molar-refractivity contribution in [1.29, 1.82) is 0 Å². The first kappa shape index (κ1) is 11.1. The number of hydrogen-bond acceptors (Lipinski definition) is 3. The van der Waals surface area contributed by atoms with Gasteiger partial charge in [0, 0.05) is 11.5 Å². The third-order valence-corrected chi connectivity index (χ3v) is 3.41. The Morgan fingerprint density at radius 2 is 1.78 bits per heavy atom. The first-order valence-corrected chi connectivity index (χ1v) is 6.28. The number of aryl methyl sites for hydroxylation is 2. The lowest BCUT2D eigenvalue weighted by atomic mass is 10.1. The Hall–Kier alpha value is -1.97. The zero-order valence-electron chi connectivity index (χ0n) is 10.8. The Morgan fingerprint density at radius 3 is 2.33 bits per heavy atom. The van der Waals surface area contributed by atoms with Gasteiger partial charge in [-0.1, -0.05) is 17.2 Å². The van der Waals surface area contributed by atoms with Gasteiger partial charge in [0.1, 0.15) is 11.5 Å². The van der Waals surface area contributed by atoms with Gasteiger partial charge in [0.25, 0.3) is 0 Å². The molecule has 0 radical (unpaired) electrons. The van der Waals surface area contributed by atoms with E-state index in [1.165, 1.54) is 24.0 Å². The molecular formula is C14H18N4. The maximum Gasteiger partial charge on any atom is 0.150 e. The van der Waals surface area contributed by atoms with Gasteiger partial charge < -0.3 is 11.6 Å². The number of rotatable bonds is 2. The van der Waals surface area contributed by atoms with Gasteiger partial charge in [0.15, 0.2) is 5.82 Å². The summed E-state index contributed by atoms with van der Waals surface area (Å²) in [5.41, 5.74) is 10.4. The van der Waals surface area contributed by atoms with Crippen LogP contribution in [0.1, 0.15) is 35.7 Å². The Morgan fingerprint density at radius 1 is 1.17 bits per heavy atom. The Balaban J connectivity index is 2.13. The van der Waals surface area contributed by atoms with Gasteiger partial charge in [-0.05, 0) is 38.8 Å². The first-order chi connectivity index (χ1) is 8.56. The van der Waals surface area contributed by atoms with Crippen LogP contribution in [0.5, 0.6) is 0 Å². The molecule has 1 heterocycles. The van der Waals surface area contributed by atoms with E-state index in [0.29, 0.717) is 11.7 Å². The zero-order chi connectivity index (χ0) is 12.9. The van der Waals surface area contributed by atoms with Crippen molar-refractivity contribution in [3.8, 4) is 11.3 Å². The summed E-state index contributed by atoms with van der Waals surface area (Å²) < 4.78 is 1.55. The van der Waals surface area contributed by atoms with Crippen LogP contribution >= 0.6 is 0 Å². The molecule has 0 saturated heterocycles. The third-order valence-electron chi connectivity index (χ3n) is 3.41. The molecule has 1 saturated carbocycles. The molecule has 0 spiro atoms. The molecule has 2 aromatic rings. The highest BCUT2D eigenvalue weighted by atomic mass is 15.4. The second-order valence-corrected chi connectivity index (χ2v) is 5.22. The highest BCUT2D eigenvalue weighted by molar-refractivity contribution is 5.72. The van der Waals surface area contributed by atoms with E-state index in [9.17, 15) is 0 Å². The van der Waals surface area contributed by atoms with Crippen LogP contribution in [0, 0.1) is 13.8 Å². The maximum absolute atomic E-state index is 6.08. The molecule has 0 atom stereocenters. The highest BCUT2D eigenvalue weighted by Crippen LogP contribution is 2.41. The minimum absolute atomic E-state index is 0.497. The predicted octanol–water partition coefficient (Wildman–Crippen LogP) is 2.34. The first-order valence-electron chi connectivity index (χ1n) is 6.28. The Kier molecular flexibility index (Phi) is 2.33. The number of hydrogen-bond donors (Lipinski definition) is 2. The molecule has 1 aromatic heterocycles. The SMILES string of the molecule is Cc1cc(C)cc(-c2nc(C3CC3)n(N)c2N)c1. The van der Waals surface area contributed by atoms with Crippen LogP contribution in [0.3, 0.4) is 0 Å². The van der Waals surface area contributed by atoms with Gasteiger partial charge in [-0.3, -0.25) is 0 Å². The van der Waals surface area contributed by atoms with Crippen molar-refractivity contribution < 1.29 is 0 Å². The second-order valence-electron chi connectivity index (χ2n) is 5.22. The predicted molar refractivity (Wildman–Crippen MR) is 73.7 cm³/mol. The molecule has 0 amide bonds. The van der Waals surface area contributed by atoms with Gasteiger partial charge in [-0.2, -0.15) is 0 Å². The summed E-state index contributed by atoms with van der Waals surface area (Å²) in [5.74, 6) is 7.96. The normalized spacial score (nSPS) is 15.0. The molecule has 18 heavy (non-hydrogen) atoms. The Labute approximate surface area is 107 Å². The summed E-state index contributed by atoms with van der Waals surface area (Å²) in [4.78, 5) is 4.64. The van der Waals surface area contributed by atoms with E-state index in [4.69, 9.17) is 11.6 Å². The molecule has 94 valence electrons. The quantitative estimate of drug-likeness (QED) is 0.794. The molecule has 1 aromatic carbocycles. The van der Waals surface area contributed by atoms with Gasteiger partial charge in [0.05, 0.1) is 0 Å².